The predicted octanol–water partition coefficient (Wildman–Crippen LogP) is 3.87. The van der Waals surface area contributed by atoms with Crippen molar-refractivity contribution in [1.29, 1.82) is 0 Å². The number of hydrogen-bond acceptors (Lipinski definition) is 5. The Hall–Kier alpha value is -2.34. The minimum atomic E-state index is -0.0499. The summed E-state index contributed by atoms with van der Waals surface area (Å²) in [7, 11) is 1.52. The lowest BCUT2D eigenvalue weighted by Crippen LogP contribution is -2.41. The van der Waals surface area contributed by atoms with Crippen LogP contribution in [-0.4, -0.2) is 36.9 Å². The van der Waals surface area contributed by atoms with E-state index in [1.54, 1.807) is 29.5 Å². The van der Waals surface area contributed by atoms with Gasteiger partial charge in [-0.25, -0.2) is 0 Å². The van der Waals surface area contributed by atoms with Crippen LogP contribution in [0.3, 0.4) is 0 Å². The average molecular weight is 373 g/mol. The number of hydrogen-bond donors (Lipinski definition) is 0. The molecule has 1 amide bonds. The molecule has 0 saturated carbocycles. The molecule has 0 aliphatic carbocycles. The second-order valence-corrected chi connectivity index (χ2v) is 7.27. The maximum absolute atomic E-state index is 12.8. The Bertz CT molecular complexity index is 814. The molecule has 1 aliphatic heterocycles. The highest BCUT2D eigenvalue weighted by atomic mass is 32.1. The molecule has 0 radical (unpaired) electrons. The standard InChI is InChI=1S/C20H23NO4S/c1-4-16-15-8-10-26-19(15)7-9-21(16)20(23)12-25-17-6-5-14(13(2)22)11-18(17)24-3/h5-6,8,10-11,16H,4,7,9,12H2,1-3H3. The van der Waals surface area contributed by atoms with E-state index in [2.05, 4.69) is 18.4 Å². The molecular formula is C20H23NO4S. The van der Waals surface area contributed by atoms with Gasteiger partial charge in [0.1, 0.15) is 0 Å². The molecule has 1 unspecified atom stereocenters. The van der Waals surface area contributed by atoms with Gasteiger partial charge in [0.05, 0.1) is 13.2 Å². The Kier molecular flexibility index (Phi) is 5.61. The molecule has 6 heteroatoms. The van der Waals surface area contributed by atoms with Crippen LogP contribution < -0.4 is 9.47 Å². The van der Waals surface area contributed by atoms with Crippen molar-refractivity contribution in [3.8, 4) is 11.5 Å². The van der Waals surface area contributed by atoms with Gasteiger partial charge in [0, 0.05) is 17.0 Å². The molecular weight excluding hydrogens is 350 g/mol. The number of thiophene rings is 1. The fourth-order valence-electron chi connectivity index (χ4n) is 3.36. The summed E-state index contributed by atoms with van der Waals surface area (Å²) in [5, 5.41) is 2.10. The third-order valence-electron chi connectivity index (χ3n) is 4.72. The van der Waals surface area contributed by atoms with E-state index in [4.69, 9.17) is 9.47 Å². The third-order valence-corrected chi connectivity index (χ3v) is 5.72. The Labute approximate surface area is 157 Å². The van der Waals surface area contributed by atoms with Gasteiger partial charge in [-0.15, -0.1) is 11.3 Å². The first kappa shape index (κ1) is 18.5. The monoisotopic (exact) mass is 373 g/mol. The summed E-state index contributed by atoms with van der Waals surface area (Å²) in [6.45, 7) is 4.27. The first-order valence-electron chi connectivity index (χ1n) is 8.72. The Morgan fingerprint density at radius 2 is 2.08 bits per heavy atom. The minimum absolute atomic E-state index is 0.0357. The number of benzene rings is 1. The van der Waals surface area contributed by atoms with Gasteiger partial charge in [-0.3, -0.25) is 9.59 Å². The van der Waals surface area contributed by atoms with Gasteiger partial charge in [-0.2, -0.15) is 0 Å². The maximum Gasteiger partial charge on any atom is 0.261 e. The van der Waals surface area contributed by atoms with Crippen LogP contribution in [0.4, 0.5) is 0 Å². The van der Waals surface area contributed by atoms with Crippen molar-refractivity contribution >= 4 is 23.0 Å². The number of nitrogens with zero attached hydrogens (tertiary/aromatic N) is 1. The van der Waals surface area contributed by atoms with E-state index in [1.807, 2.05) is 4.90 Å². The maximum atomic E-state index is 12.8. The van der Waals surface area contributed by atoms with Crippen LogP contribution in [0.15, 0.2) is 29.6 Å². The summed E-state index contributed by atoms with van der Waals surface area (Å²) in [6.07, 6.45) is 1.78. The van der Waals surface area contributed by atoms with Gasteiger partial charge in [-0.05, 0) is 55.0 Å². The molecule has 138 valence electrons. The zero-order valence-electron chi connectivity index (χ0n) is 15.3. The summed E-state index contributed by atoms with van der Waals surface area (Å²) in [4.78, 5) is 27.5. The van der Waals surface area contributed by atoms with Crippen LogP contribution in [0.1, 0.15) is 47.1 Å². The summed E-state index contributed by atoms with van der Waals surface area (Å²) in [5.74, 6) is 0.839. The highest BCUT2D eigenvalue weighted by molar-refractivity contribution is 7.10. The van der Waals surface area contributed by atoms with Crippen molar-refractivity contribution in [2.24, 2.45) is 0 Å². The number of amides is 1. The number of fused-ring (bicyclic) bond motifs is 1. The van der Waals surface area contributed by atoms with E-state index >= 15 is 0 Å². The normalized spacial score (nSPS) is 16.1. The number of ketones is 1. The van der Waals surface area contributed by atoms with Crippen LogP contribution >= 0.6 is 11.3 Å². The summed E-state index contributed by atoms with van der Waals surface area (Å²) in [6, 6.07) is 7.22. The first-order valence-corrected chi connectivity index (χ1v) is 9.60. The highest BCUT2D eigenvalue weighted by Crippen LogP contribution is 2.35. The molecule has 0 fully saturated rings. The highest BCUT2D eigenvalue weighted by Gasteiger charge is 2.30. The van der Waals surface area contributed by atoms with Crippen molar-refractivity contribution < 1.29 is 19.1 Å². The second-order valence-electron chi connectivity index (χ2n) is 6.27. The molecule has 1 aromatic carbocycles. The third kappa shape index (κ3) is 3.60. The summed E-state index contributed by atoms with van der Waals surface area (Å²) >= 11 is 1.76. The molecule has 3 rings (SSSR count). The SMILES string of the molecule is CCC1c2ccsc2CCN1C(=O)COc1ccc(C(C)=O)cc1OC. The lowest BCUT2D eigenvalue weighted by molar-refractivity contribution is -0.136. The molecule has 1 atom stereocenters. The predicted molar refractivity (Wildman–Crippen MR) is 101 cm³/mol. The molecule has 5 nitrogen and oxygen atoms in total. The van der Waals surface area contributed by atoms with Crippen molar-refractivity contribution in [3.63, 3.8) is 0 Å². The van der Waals surface area contributed by atoms with E-state index in [1.165, 1.54) is 24.5 Å². The van der Waals surface area contributed by atoms with Gasteiger partial charge in [-0.1, -0.05) is 6.92 Å². The van der Waals surface area contributed by atoms with Crippen LogP contribution in [0, 0.1) is 0 Å². The van der Waals surface area contributed by atoms with E-state index < -0.39 is 0 Å². The Balaban J connectivity index is 1.70. The minimum Gasteiger partial charge on any atom is -0.493 e. The molecule has 2 heterocycles. The number of ether oxygens (including phenoxy) is 2. The van der Waals surface area contributed by atoms with E-state index in [-0.39, 0.29) is 24.3 Å². The van der Waals surface area contributed by atoms with Crippen molar-refractivity contribution in [2.45, 2.75) is 32.7 Å². The first-order chi connectivity index (χ1) is 12.5. The lowest BCUT2D eigenvalue weighted by atomic mass is 9.98. The van der Waals surface area contributed by atoms with Crippen molar-refractivity contribution in [3.05, 3.63) is 45.6 Å². The molecule has 0 spiro atoms. The van der Waals surface area contributed by atoms with Gasteiger partial charge in [0.2, 0.25) is 0 Å². The zero-order chi connectivity index (χ0) is 18.7. The van der Waals surface area contributed by atoms with Crippen LogP contribution in [-0.2, 0) is 11.2 Å². The zero-order valence-corrected chi connectivity index (χ0v) is 16.1. The average Bonchev–Trinajstić information content (AvgIpc) is 3.13. The number of methoxy groups -OCH3 is 1. The van der Waals surface area contributed by atoms with Crippen molar-refractivity contribution in [1.82, 2.24) is 4.90 Å². The molecule has 0 bridgehead atoms. The Morgan fingerprint density at radius 3 is 2.77 bits per heavy atom. The number of rotatable bonds is 6. The van der Waals surface area contributed by atoms with Gasteiger partial charge in [0.25, 0.3) is 5.91 Å². The van der Waals surface area contributed by atoms with Gasteiger partial charge >= 0.3 is 0 Å². The summed E-state index contributed by atoms with van der Waals surface area (Å²) in [5.41, 5.74) is 1.81. The van der Waals surface area contributed by atoms with Crippen LogP contribution in [0.25, 0.3) is 0 Å². The Morgan fingerprint density at radius 1 is 1.27 bits per heavy atom. The molecule has 26 heavy (non-hydrogen) atoms. The van der Waals surface area contributed by atoms with Gasteiger partial charge in [0.15, 0.2) is 23.9 Å². The molecule has 1 aromatic heterocycles. The summed E-state index contributed by atoms with van der Waals surface area (Å²) < 4.78 is 11.0. The molecule has 0 saturated heterocycles. The molecule has 2 aromatic rings. The number of Topliss-reactive ketones (excluding diaryl/α,β-unsaturated/α-hetero) is 1. The van der Waals surface area contributed by atoms with E-state index in [9.17, 15) is 9.59 Å². The van der Waals surface area contributed by atoms with E-state index in [0.717, 1.165) is 12.8 Å². The van der Waals surface area contributed by atoms with E-state index in [0.29, 0.717) is 23.6 Å². The number of carbonyl (C=O) groups is 2. The van der Waals surface area contributed by atoms with Crippen LogP contribution in [0.5, 0.6) is 11.5 Å². The van der Waals surface area contributed by atoms with Gasteiger partial charge < -0.3 is 14.4 Å². The van der Waals surface area contributed by atoms with Crippen LogP contribution in [0.2, 0.25) is 0 Å². The fraction of sp³-hybridized carbons (Fsp3) is 0.400. The second kappa shape index (κ2) is 7.91. The quantitative estimate of drug-likeness (QED) is 0.721. The molecule has 1 aliphatic rings. The largest absolute Gasteiger partial charge is 0.493 e. The van der Waals surface area contributed by atoms with Crippen molar-refractivity contribution in [2.75, 3.05) is 20.3 Å². The number of carbonyl (C=O) groups excluding carboxylic acids is 2. The lowest BCUT2D eigenvalue weighted by Gasteiger charge is -2.35. The topological polar surface area (TPSA) is 55.8 Å². The molecule has 0 N–H and O–H groups in total. The fourth-order valence-corrected chi connectivity index (χ4v) is 4.29. The smallest absolute Gasteiger partial charge is 0.261 e.